The Labute approximate surface area is 249 Å². The van der Waals surface area contributed by atoms with Gasteiger partial charge in [0.1, 0.15) is 35.2 Å². The summed E-state index contributed by atoms with van der Waals surface area (Å²) in [5, 5.41) is 47.6. The van der Waals surface area contributed by atoms with Crippen LogP contribution in [0.3, 0.4) is 0 Å². The van der Waals surface area contributed by atoms with E-state index in [0.29, 0.717) is 11.1 Å². The maximum absolute atomic E-state index is 13.3. The van der Waals surface area contributed by atoms with Crippen molar-refractivity contribution in [3.8, 4) is 22.6 Å². The lowest BCUT2D eigenvalue weighted by molar-refractivity contribution is -0.142. The number of nitrogens with one attached hydrogen (secondary N) is 4. The number of carboxylic acids is 1. The predicted molar refractivity (Wildman–Crippen MR) is 155 cm³/mol. The van der Waals surface area contributed by atoms with E-state index in [9.17, 15) is 39.6 Å². The molecule has 3 amide bonds. The van der Waals surface area contributed by atoms with Gasteiger partial charge in [-0.05, 0) is 68.7 Å². The molecule has 0 spiro atoms. The molecule has 14 nitrogen and oxygen atoms in total. The summed E-state index contributed by atoms with van der Waals surface area (Å²) in [6.45, 7) is 6.13. The van der Waals surface area contributed by atoms with E-state index in [4.69, 9.17) is 9.57 Å². The summed E-state index contributed by atoms with van der Waals surface area (Å²) in [5.41, 5.74) is 3.18. The van der Waals surface area contributed by atoms with Gasteiger partial charge in [-0.25, -0.2) is 9.59 Å². The van der Waals surface area contributed by atoms with Gasteiger partial charge in [0, 0.05) is 19.4 Å². The number of phenolic OH excluding ortho intramolecular Hbond substituents is 2. The Morgan fingerprint density at radius 3 is 2.09 bits per heavy atom. The Bertz CT molecular complexity index is 1260. The first-order valence-corrected chi connectivity index (χ1v) is 13.5. The molecule has 236 valence electrons. The maximum Gasteiger partial charge on any atom is 0.407 e. The minimum absolute atomic E-state index is 0.0659. The number of hydroxylamine groups is 1. The summed E-state index contributed by atoms with van der Waals surface area (Å²) >= 11 is 0. The van der Waals surface area contributed by atoms with E-state index in [-0.39, 0.29) is 36.4 Å². The molecule has 0 aliphatic carbocycles. The standard InChI is InChI=1S/C29H40N4O10/c1-16(33-42-5)25(37)31-22(14-21(35)15-30-28(41)43-29(2,3)4)26(38)32-23(27(39)40)13-19-12-18(8-11-24(19)36)17-6-9-20(34)10-7-17/h6-12,16,21-23,33-36H,13-15H2,1-5H3,(H,30,41)(H,31,37)(H,32,38)(H,39,40)/t16?,21?,22-,23?/m0/s1. The summed E-state index contributed by atoms with van der Waals surface area (Å²) < 4.78 is 5.12. The van der Waals surface area contributed by atoms with E-state index in [1.807, 2.05) is 0 Å². The molecule has 0 radical (unpaired) electrons. The van der Waals surface area contributed by atoms with Crippen molar-refractivity contribution in [3.05, 3.63) is 48.0 Å². The summed E-state index contributed by atoms with van der Waals surface area (Å²) in [7, 11) is 1.30. The van der Waals surface area contributed by atoms with Gasteiger partial charge in [-0.3, -0.25) is 9.59 Å². The van der Waals surface area contributed by atoms with Crippen molar-refractivity contribution >= 4 is 23.9 Å². The molecule has 4 atom stereocenters. The van der Waals surface area contributed by atoms with Crippen molar-refractivity contribution < 1.29 is 49.2 Å². The van der Waals surface area contributed by atoms with Gasteiger partial charge in [-0.1, -0.05) is 18.2 Å². The number of benzene rings is 2. The number of aliphatic hydroxyl groups excluding tert-OH is 1. The third-order valence-corrected chi connectivity index (χ3v) is 6.03. The first-order valence-electron chi connectivity index (χ1n) is 13.5. The number of ether oxygens (including phenoxy) is 1. The molecule has 0 saturated heterocycles. The Hall–Kier alpha value is -4.40. The van der Waals surface area contributed by atoms with E-state index in [1.165, 1.54) is 32.2 Å². The first kappa shape index (κ1) is 34.8. The summed E-state index contributed by atoms with van der Waals surface area (Å²) in [6, 6.07) is 6.98. The lowest BCUT2D eigenvalue weighted by Crippen LogP contribution is -2.56. The number of rotatable bonds is 14. The smallest absolute Gasteiger partial charge is 0.407 e. The van der Waals surface area contributed by atoms with Crippen LogP contribution in [0.4, 0.5) is 4.79 Å². The monoisotopic (exact) mass is 604 g/mol. The van der Waals surface area contributed by atoms with E-state index in [1.54, 1.807) is 45.0 Å². The zero-order valence-corrected chi connectivity index (χ0v) is 24.7. The molecule has 2 aromatic carbocycles. The SMILES string of the molecule is CONC(C)C(=O)N[C@@H](CC(O)CNC(=O)OC(C)(C)C)C(=O)NC(Cc1cc(-c2ccc(O)cc2)ccc1O)C(=O)O. The van der Waals surface area contributed by atoms with Crippen LogP contribution in [0.2, 0.25) is 0 Å². The number of carbonyl (C=O) groups is 4. The van der Waals surface area contributed by atoms with E-state index < -0.39 is 53.7 Å². The average molecular weight is 605 g/mol. The molecule has 0 fully saturated rings. The number of alkyl carbamates (subject to hydrolysis) is 1. The van der Waals surface area contributed by atoms with Gasteiger partial charge in [0.05, 0.1) is 13.2 Å². The summed E-state index contributed by atoms with van der Waals surface area (Å²) in [6.07, 6.45) is -2.83. The molecule has 0 aliphatic heterocycles. The van der Waals surface area contributed by atoms with Crippen molar-refractivity contribution in [2.24, 2.45) is 0 Å². The third-order valence-electron chi connectivity index (χ3n) is 6.03. The Morgan fingerprint density at radius 1 is 0.907 bits per heavy atom. The lowest BCUT2D eigenvalue weighted by Gasteiger charge is -2.25. The molecule has 0 saturated carbocycles. The second-order valence-electron chi connectivity index (χ2n) is 10.9. The number of aliphatic carboxylic acids is 1. The quantitative estimate of drug-likeness (QED) is 0.143. The minimum Gasteiger partial charge on any atom is -0.508 e. The molecule has 43 heavy (non-hydrogen) atoms. The Balaban J connectivity index is 2.21. The molecule has 0 bridgehead atoms. The van der Waals surface area contributed by atoms with Crippen molar-refractivity contribution in [1.29, 1.82) is 0 Å². The molecule has 0 aliphatic rings. The highest BCUT2D eigenvalue weighted by molar-refractivity contribution is 5.91. The van der Waals surface area contributed by atoms with Crippen molar-refractivity contribution in [2.75, 3.05) is 13.7 Å². The zero-order chi connectivity index (χ0) is 32.3. The fraction of sp³-hybridized carbons (Fsp3) is 0.448. The topological polar surface area (TPSA) is 216 Å². The molecule has 14 heteroatoms. The summed E-state index contributed by atoms with van der Waals surface area (Å²) in [5.74, 6) is -3.14. The number of aromatic hydroxyl groups is 2. The molecule has 0 heterocycles. The predicted octanol–water partition coefficient (Wildman–Crippen LogP) is 1.18. The van der Waals surface area contributed by atoms with Crippen LogP contribution in [0, 0.1) is 0 Å². The van der Waals surface area contributed by atoms with Gasteiger partial charge in [0.25, 0.3) is 0 Å². The number of hydrogen-bond donors (Lipinski definition) is 8. The normalized spacial score (nSPS) is 14.1. The number of hydrogen-bond acceptors (Lipinski definition) is 10. The number of amides is 3. The highest BCUT2D eigenvalue weighted by Gasteiger charge is 2.30. The van der Waals surface area contributed by atoms with Gasteiger partial charge in [-0.15, -0.1) is 0 Å². The number of carbonyl (C=O) groups excluding carboxylic acids is 3. The Morgan fingerprint density at radius 2 is 1.51 bits per heavy atom. The molecule has 2 rings (SSSR count). The second-order valence-corrected chi connectivity index (χ2v) is 10.9. The highest BCUT2D eigenvalue weighted by Crippen LogP contribution is 2.28. The largest absolute Gasteiger partial charge is 0.508 e. The van der Waals surface area contributed by atoms with Gasteiger partial charge < -0.3 is 46.0 Å². The highest BCUT2D eigenvalue weighted by atomic mass is 16.6. The zero-order valence-electron chi connectivity index (χ0n) is 24.7. The third kappa shape index (κ3) is 11.8. The Kier molecular flexibility index (Phi) is 12.7. The van der Waals surface area contributed by atoms with Crippen molar-refractivity contribution in [3.63, 3.8) is 0 Å². The fourth-order valence-electron chi connectivity index (χ4n) is 3.90. The molecule has 2 aromatic rings. The maximum atomic E-state index is 13.3. The molecule has 0 aromatic heterocycles. The van der Waals surface area contributed by atoms with Crippen LogP contribution in [0.5, 0.6) is 11.5 Å². The molecule has 3 unspecified atom stereocenters. The number of aliphatic hydroxyl groups is 1. The van der Waals surface area contributed by atoms with Crippen molar-refractivity contribution in [1.82, 2.24) is 21.4 Å². The van der Waals surface area contributed by atoms with Crippen LogP contribution in [-0.2, 0) is 30.4 Å². The van der Waals surface area contributed by atoms with Gasteiger partial charge in [0.2, 0.25) is 11.8 Å². The van der Waals surface area contributed by atoms with Crippen LogP contribution in [-0.4, -0.2) is 87.8 Å². The van der Waals surface area contributed by atoms with Crippen LogP contribution >= 0.6 is 0 Å². The van der Waals surface area contributed by atoms with Crippen LogP contribution in [0.1, 0.15) is 39.7 Å². The van der Waals surface area contributed by atoms with Gasteiger partial charge in [0.15, 0.2) is 0 Å². The van der Waals surface area contributed by atoms with E-state index >= 15 is 0 Å². The van der Waals surface area contributed by atoms with E-state index in [2.05, 4.69) is 21.4 Å². The van der Waals surface area contributed by atoms with Crippen molar-refractivity contribution in [2.45, 2.75) is 70.4 Å². The van der Waals surface area contributed by atoms with E-state index in [0.717, 1.165) is 0 Å². The fourth-order valence-corrected chi connectivity index (χ4v) is 3.90. The lowest BCUT2D eigenvalue weighted by atomic mass is 9.98. The van der Waals surface area contributed by atoms with Gasteiger partial charge >= 0.3 is 12.1 Å². The first-order chi connectivity index (χ1) is 20.1. The van der Waals surface area contributed by atoms with Crippen LogP contribution in [0.25, 0.3) is 11.1 Å². The molecule has 8 N–H and O–H groups in total. The molecular weight excluding hydrogens is 564 g/mol. The van der Waals surface area contributed by atoms with Gasteiger partial charge in [-0.2, -0.15) is 5.48 Å². The second kappa shape index (κ2) is 15.7. The summed E-state index contributed by atoms with van der Waals surface area (Å²) in [4.78, 5) is 54.8. The average Bonchev–Trinajstić information content (AvgIpc) is 2.91. The number of phenols is 2. The minimum atomic E-state index is -1.53. The number of carboxylic acid groups (broad SMARTS) is 1. The van der Waals surface area contributed by atoms with Crippen LogP contribution < -0.4 is 21.4 Å². The molecular formula is C29H40N4O10. The van der Waals surface area contributed by atoms with Crippen LogP contribution in [0.15, 0.2) is 42.5 Å².